The zero-order valence-corrected chi connectivity index (χ0v) is 14.3. The van der Waals surface area contributed by atoms with Crippen molar-refractivity contribution in [3.8, 4) is 0 Å². The Morgan fingerprint density at radius 1 is 1.15 bits per heavy atom. The van der Waals surface area contributed by atoms with Gasteiger partial charge in [-0.3, -0.25) is 24.6 Å². The van der Waals surface area contributed by atoms with E-state index in [0.29, 0.717) is 5.69 Å². The van der Waals surface area contributed by atoms with Crippen molar-refractivity contribution in [1.29, 1.82) is 0 Å². The Labute approximate surface area is 153 Å². The molecule has 2 aromatic carbocycles. The second-order valence-electron chi connectivity index (χ2n) is 5.63. The highest BCUT2D eigenvalue weighted by Crippen LogP contribution is 2.27. The second-order valence-corrected chi connectivity index (χ2v) is 5.63. The lowest BCUT2D eigenvalue weighted by molar-refractivity contribution is -0.384. The van der Waals surface area contributed by atoms with Crippen LogP contribution in [0.1, 0.15) is 38.0 Å². The number of anilines is 1. The van der Waals surface area contributed by atoms with Crippen molar-refractivity contribution in [3.05, 3.63) is 69.3 Å². The highest BCUT2D eigenvalue weighted by molar-refractivity contribution is 6.21. The first kappa shape index (κ1) is 18.1. The van der Waals surface area contributed by atoms with Crippen LogP contribution >= 0.6 is 0 Å². The van der Waals surface area contributed by atoms with Gasteiger partial charge in [0.15, 0.2) is 0 Å². The van der Waals surface area contributed by atoms with Crippen LogP contribution in [0.25, 0.3) is 0 Å². The molecule has 1 aliphatic rings. The summed E-state index contributed by atoms with van der Waals surface area (Å²) < 4.78 is 4.98. The summed E-state index contributed by atoms with van der Waals surface area (Å²) in [5.74, 6) is -1.73. The first-order valence-electron chi connectivity index (χ1n) is 8.08. The fourth-order valence-corrected chi connectivity index (χ4v) is 2.72. The number of carbonyl (C=O) groups is 3. The third-order valence-electron chi connectivity index (χ3n) is 4.02. The molecule has 0 fully saturated rings. The van der Waals surface area contributed by atoms with Crippen LogP contribution in [-0.4, -0.2) is 40.9 Å². The van der Waals surface area contributed by atoms with Crippen LogP contribution in [0, 0.1) is 10.1 Å². The Hall–Kier alpha value is -3.75. The normalized spacial score (nSPS) is 12.7. The molecule has 0 saturated heterocycles. The quantitative estimate of drug-likeness (QED) is 0.359. The summed E-state index contributed by atoms with van der Waals surface area (Å²) in [7, 11) is 0. The molecule has 0 radical (unpaired) electrons. The maximum atomic E-state index is 12.5. The lowest BCUT2D eigenvalue weighted by Gasteiger charge is -2.17. The van der Waals surface area contributed by atoms with Crippen LogP contribution in [-0.2, 0) is 4.74 Å². The highest BCUT2D eigenvalue weighted by Gasteiger charge is 2.36. The molecular weight excluding hydrogens is 354 g/mol. The smallest absolute Gasteiger partial charge is 0.340 e. The minimum absolute atomic E-state index is 0.0188. The lowest BCUT2D eigenvalue weighted by atomic mass is 10.1. The van der Waals surface area contributed by atoms with Gasteiger partial charge in [-0.1, -0.05) is 12.1 Å². The number of benzene rings is 2. The number of esters is 1. The van der Waals surface area contributed by atoms with Gasteiger partial charge in [0.2, 0.25) is 0 Å². The van der Waals surface area contributed by atoms with Crippen molar-refractivity contribution in [2.45, 2.75) is 6.92 Å². The summed E-state index contributed by atoms with van der Waals surface area (Å²) in [5.41, 5.74) is 0.489. The minimum Gasteiger partial charge on any atom is -0.462 e. The molecular formula is C18H15N3O6. The monoisotopic (exact) mass is 369 g/mol. The fourth-order valence-electron chi connectivity index (χ4n) is 2.72. The Balaban J connectivity index is 1.80. The van der Waals surface area contributed by atoms with Gasteiger partial charge >= 0.3 is 5.97 Å². The van der Waals surface area contributed by atoms with Crippen LogP contribution in [0.3, 0.4) is 0 Å². The van der Waals surface area contributed by atoms with Gasteiger partial charge in [0.1, 0.15) is 0 Å². The van der Waals surface area contributed by atoms with E-state index in [1.165, 1.54) is 12.1 Å². The molecule has 9 heteroatoms. The van der Waals surface area contributed by atoms with E-state index in [1.54, 1.807) is 31.2 Å². The SMILES string of the molecule is CCOC(=O)c1ccccc1NCN1C(=O)c2ccc([N+](=O)[O-])cc2C1=O. The van der Waals surface area contributed by atoms with Crippen molar-refractivity contribution in [2.24, 2.45) is 0 Å². The third-order valence-corrected chi connectivity index (χ3v) is 4.02. The molecule has 0 spiro atoms. The predicted octanol–water partition coefficient (Wildman–Crippen LogP) is 2.44. The van der Waals surface area contributed by atoms with Crippen LogP contribution in [0.5, 0.6) is 0 Å². The average Bonchev–Trinajstić information content (AvgIpc) is 2.90. The van der Waals surface area contributed by atoms with Crippen molar-refractivity contribution in [2.75, 3.05) is 18.6 Å². The molecule has 0 saturated carbocycles. The van der Waals surface area contributed by atoms with Gasteiger partial charge in [0.05, 0.1) is 40.6 Å². The molecule has 0 aromatic heterocycles. The average molecular weight is 369 g/mol. The van der Waals surface area contributed by atoms with Crippen molar-refractivity contribution < 1.29 is 24.0 Å². The van der Waals surface area contributed by atoms with Gasteiger partial charge in [-0.25, -0.2) is 4.79 Å². The maximum Gasteiger partial charge on any atom is 0.340 e. The van der Waals surface area contributed by atoms with E-state index in [9.17, 15) is 24.5 Å². The Morgan fingerprint density at radius 3 is 2.56 bits per heavy atom. The summed E-state index contributed by atoms with van der Waals surface area (Å²) in [6.07, 6.45) is 0. The number of fused-ring (bicyclic) bond motifs is 1. The van der Waals surface area contributed by atoms with E-state index in [2.05, 4.69) is 5.32 Å². The topological polar surface area (TPSA) is 119 Å². The number of rotatable bonds is 6. The second kappa shape index (κ2) is 7.24. The molecule has 2 amide bonds. The standard InChI is InChI=1S/C18H15N3O6/c1-2-27-18(24)13-5-3-4-6-15(13)19-10-20-16(22)12-8-7-11(21(25)26)9-14(12)17(20)23/h3-9,19H,2,10H2,1H3. The summed E-state index contributed by atoms with van der Waals surface area (Å²) >= 11 is 0. The lowest BCUT2D eigenvalue weighted by Crippen LogP contribution is -2.34. The van der Waals surface area contributed by atoms with Crippen molar-refractivity contribution in [1.82, 2.24) is 4.90 Å². The van der Waals surface area contributed by atoms with E-state index in [0.717, 1.165) is 11.0 Å². The van der Waals surface area contributed by atoms with Gasteiger partial charge in [0, 0.05) is 12.1 Å². The molecule has 0 atom stereocenters. The molecule has 138 valence electrons. The van der Waals surface area contributed by atoms with E-state index >= 15 is 0 Å². The van der Waals surface area contributed by atoms with Crippen LogP contribution in [0.4, 0.5) is 11.4 Å². The van der Waals surface area contributed by atoms with E-state index in [1.807, 2.05) is 0 Å². The summed E-state index contributed by atoms with van der Waals surface area (Å²) in [5, 5.41) is 13.8. The van der Waals surface area contributed by atoms with Gasteiger partial charge in [0.25, 0.3) is 17.5 Å². The van der Waals surface area contributed by atoms with Crippen LogP contribution < -0.4 is 5.32 Å². The van der Waals surface area contributed by atoms with Crippen molar-refractivity contribution in [3.63, 3.8) is 0 Å². The number of nitrogens with zero attached hydrogens (tertiary/aromatic N) is 2. The van der Waals surface area contributed by atoms with Gasteiger partial charge in [-0.2, -0.15) is 0 Å². The zero-order chi connectivity index (χ0) is 19.6. The third kappa shape index (κ3) is 3.34. The van der Waals surface area contributed by atoms with Gasteiger partial charge < -0.3 is 10.1 Å². The Bertz CT molecular complexity index is 956. The van der Waals surface area contributed by atoms with E-state index in [-0.39, 0.29) is 35.7 Å². The molecule has 2 aromatic rings. The molecule has 0 aliphatic carbocycles. The number of non-ortho nitro benzene ring substituents is 1. The molecule has 3 rings (SSSR count). The number of nitro groups is 1. The number of ether oxygens (including phenoxy) is 1. The first-order chi connectivity index (χ1) is 12.9. The molecule has 1 N–H and O–H groups in total. The summed E-state index contributed by atoms with van der Waals surface area (Å²) in [6.45, 7) is 1.70. The number of nitrogens with one attached hydrogen (secondary N) is 1. The molecule has 0 unspecified atom stereocenters. The molecule has 1 aliphatic heterocycles. The van der Waals surface area contributed by atoms with Gasteiger partial charge in [-0.05, 0) is 25.1 Å². The van der Waals surface area contributed by atoms with Gasteiger partial charge in [-0.15, -0.1) is 0 Å². The molecule has 0 bridgehead atoms. The highest BCUT2D eigenvalue weighted by atomic mass is 16.6. The maximum absolute atomic E-state index is 12.5. The van der Waals surface area contributed by atoms with E-state index < -0.39 is 22.7 Å². The summed E-state index contributed by atoms with van der Waals surface area (Å²) in [6, 6.07) is 10.1. The zero-order valence-electron chi connectivity index (χ0n) is 14.3. The molecule has 27 heavy (non-hydrogen) atoms. The number of hydrogen-bond donors (Lipinski definition) is 1. The van der Waals surface area contributed by atoms with Crippen molar-refractivity contribution >= 4 is 29.2 Å². The molecule has 1 heterocycles. The summed E-state index contributed by atoms with van der Waals surface area (Å²) in [4.78, 5) is 48.1. The molecule has 9 nitrogen and oxygen atoms in total. The Kier molecular flexibility index (Phi) is 4.84. The van der Waals surface area contributed by atoms with Crippen LogP contribution in [0.15, 0.2) is 42.5 Å². The first-order valence-corrected chi connectivity index (χ1v) is 8.08. The number of imide groups is 1. The number of hydrogen-bond acceptors (Lipinski definition) is 7. The largest absolute Gasteiger partial charge is 0.462 e. The number of nitro benzene ring substituents is 1. The Morgan fingerprint density at radius 2 is 1.85 bits per heavy atom. The predicted molar refractivity (Wildman–Crippen MR) is 94.5 cm³/mol. The fraction of sp³-hybridized carbons (Fsp3) is 0.167. The number of para-hydroxylation sites is 1. The van der Waals surface area contributed by atoms with Crippen LogP contribution in [0.2, 0.25) is 0 Å². The minimum atomic E-state index is -0.639. The van der Waals surface area contributed by atoms with E-state index in [4.69, 9.17) is 4.74 Å². The number of carbonyl (C=O) groups excluding carboxylic acids is 3. The number of amides is 2.